The maximum atomic E-state index is 13.9. The number of aryl methyl sites for hydroxylation is 1. The van der Waals surface area contributed by atoms with Crippen LogP contribution in [-0.4, -0.2) is 40.0 Å². The summed E-state index contributed by atoms with van der Waals surface area (Å²) in [6.45, 7) is 3.98. The molecule has 2 aliphatic rings. The summed E-state index contributed by atoms with van der Waals surface area (Å²) >= 11 is 0. The SMILES string of the molecule is Cc1ncnc(NC2CCN3CCCCC23)c1F. The molecule has 4 nitrogen and oxygen atoms in total. The third-order valence-electron chi connectivity index (χ3n) is 4.14. The molecular weight excluding hydrogens is 231 g/mol. The van der Waals surface area contributed by atoms with Crippen molar-refractivity contribution in [1.82, 2.24) is 14.9 Å². The van der Waals surface area contributed by atoms with Crippen LogP contribution in [0.25, 0.3) is 0 Å². The van der Waals surface area contributed by atoms with Gasteiger partial charge in [-0.1, -0.05) is 6.42 Å². The molecule has 0 bridgehead atoms. The number of hydrogen-bond acceptors (Lipinski definition) is 4. The molecule has 2 atom stereocenters. The maximum Gasteiger partial charge on any atom is 0.186 e. The first-order valence-electron chi connectivity index (χ1n) is 6.73. The Balaban J connectivity index is 1.74. The van der Waals surface area contributed by atoms with Crippen molar-refractivity contribution in [3.8, 4) is 0 Å². The van der Waals surface area contributed by atoms with Gasteiger partial charge in [-0.25, -0.2) is 14.4 Å². The van der Waals surface area contributed by atoms with Gasteiger partial charge in [0.25, 0.3) is 0 Å². The van der Waals surface area contributed by atoms with Crippen LogP contribution in [0.4, 0.5) is 10.2 Å². The van der Waals surface area contributed by atoms with Crippen molar-refractivity contribution in [3.05, 3.63) is 17.8 Å². The molecular formula is C13H19FN4. The summed E-state index contributed by atoms with van der Waals surface area (Å²) in [5.74, 6) is 0.0479. The fourth-order valence-corrected chi connectivity index (χ4v) is 3.15. The standard InChI is InChI=1S/C13H19FN4/c1-9-12(14)13(16-8-15-9)17-10-5-7-18-6-3-2-4-11(10)18/h8,10-11H,2-7H2,1H3,(H,15,16,17). The van der Waals surface area contributed by atoms with E-state index < -0.39 is 0 Å². The molecule has 0 radical (unpaired) electrons. The summed E-state index contributed by atoms with van der Waals surface area (Å²) < 4.78 is 13.9. The molecule has 5 heteroatoms. The van der Waals surface area contributed by atoms with Gasteiger partial charge in [0.05, 0.1) is 5.69 Å². The van der Waals surface area contributed by atoms with E-state index in [2.05, 4.69) is 20.2 Å². The highest BCUT2D eigenvalue weighted by Gasteiger charge is 2.35. The van der Waals surface area contributed by atoms with Gasteiger partial charge in [-0.05, 0) is 32.7 Å². The second-order valence-corrected chi connectivity index (χ2v) is 5.26. The molecule has 3 heterocycles. The van der Waals surface area contributed by atoms with Crippen LogP contribution in [0.5, 0.6) is 0 Å². The lowest BCUT2D eigenvalue weighted by Crippen LogP contribution is -2.42. The quantitative estimate of drug-likeness (QED) is 0.871. The van der Waals surface area contributed by atoms with Crippen molar-refractivity contribution in [3.63, 3.8) is 0 Å². The Morgan fingerprint density at radius 1 is 1.28 bits per heavy atom. The molecule has 1 N–H and O–H groups in total. The van der Waals surface area contributed by atoms with Gasteiger partial charge in [0.15, 0.2) is 11.6 Å². The molecule has 2 saturated heterocycles. The van der Waals surface area contributed by atoms with E-state index in [1.165, 1.54) is 32.1 Å². The van der Waals surface area contributed by atoms with Crippen LogP contribution >= 0.6 is 0 Å². The first kappa shape index (κ1) is 11.8. The zero-order chi connectivity index (χ0) is 12.5. The minimum Gasteiger partial charge on any atom is -0.363 e. The summed E-state index contributed by atoms with van der Waals surface area (Å²) in [6, 6.07) is 0.877. The number of fused-ring (bicyclic) bond motifs is 1. The summed E-state index contributed by atoms with van der Waals surface area (Å²) in [5, 5.41) is 3.28. The van der Waals surface area contributed by atoms with Crippen LogP contribution in [0, 0.1) is 12.7 Å². The average Bonchev–Trinajstić information content (AvgIpc) is 2.79. The fraction of sp³-hybridized carbons (Fsp3) is 0.692. The Hall–Kier alpha value is -1.23. The van der Waals surface area contributed by atoms with E-state index in [1.54, 1.807) is 6.92 Å². The molecule has 3 rings (SSSR count). The van der Waals surface area contributed by atoms with Crippen molar-refractivity contribution >= 4 is 5.82 Å². The monoisotopic (exact) mass is 250 g/mol. The second-order valence-electron chi connectivity index (χ2n) is 5.26. The molecule has 1 aromatic heterocycles. The van der Waals surface area contributed by atoms with Crippen LogP contribution in [0.1, 0.15) is 31.4 Å². The summed E-state index contributed by atoms with van der Waals surface area (Å²) in [5.41, 5.74) is 0.408. The minimum absolute atomic E-state index is 0.313. The van der Waals surface area contributed by atoms with Crippen molar-refractivity contribution in [2.24, 2.45) is 0 Å². The van der Waals surface area contributed by atoms with Gasteiger partial charge < -0.3 is 5.32 Å². The normalized spacial score (nSPS) is 28.1. The largest absolute Gasteiger partial charge is 0.363 e. The minimum atomic E-state index is -0.313. The highest BCUT2D eigenvalue weighted by Crippen LogP contribution is 2.29. The highest BCUT2D eigenvalue weighted by molar-refractivity contribution is 5.38. The number of anilines is 1. The molecule has 0 amide bonds. The van der Waals surface area contributed by atoms with E-state index in [4.69, 9.17) is 0 Å². The van der Waals surface area contributed by atoms with Crippen molar-refractivity contribution in [2.45, 2.75) is 44.7 Å². The Labute approximate surface area is 107 Å². The predicted octanol–water partition coefficient (Wildman–Crippen LogP) is 1.96. The van der Waals surface area contributed by atoms with Gasteiger partial charge in [-0.2, -0.15) is 0 Å². The molecule has 0 spiro atoms. The number of nitrogens with zero attached hydrogens (tertiary/aromatic N) is 3. The molecule has 2 fully saturated rings. The lowest BCUT2D eigenvalue weighted by atomic mass is 9.99. The summed E-state index contributed by atoms with van der Waals surface area (Å²) in [6.07, 6.45) is 6.29. The number of aromatic nitrogens is 2. The van der Waals surface area contributed by atoms with E-state index in [0.717, 1.165) is 13.0 Å². The van der Waals surface area contributed by atoms with Crippen LogP contribution in [-0.2, 0) is 0 Å². The van der Waals surface area contributed by atoms with Gasteiger partial charge in [0.2, 0.25) is 0 Å². The zero-order valence-corrected chi connectivity index (χ0v) is 10.7. The van der Waals surface area contributed by atoms with Gasteiger partial charge >= 0.3 is 0 Å². The Morgan fingerprint density at radius 2 is 2.17 bits per heavy atom. The number of nitrogens with one attached hydrogen (secondary N) is 1. The Bertz CT molecular complexity index is 437. The van der Waals surface area contributed by atoms with E-state index >= 15 is 0 Å². The zero-order valence-electron chi connectivity index (χ0n) is 10.7. The molecule has 18 heavy (non-hydrogen) atoms. The smallest absolute Gasteiger partial charge is 0.186 e. The second kappa shape index (κ2) is 4.80. The van der Waals surface area contributed by atoms with E-state index in [1.807, 2.05) is 0 Å². The van der Waals surface area contributed by atoms with Gasteiger partial charge in [0.1, 0.15) is 6.33 Å². The first-order valence-corrected chi connectivity index (χ1v) is 6.73. The third-order valence-corrected chi connectivity index (χ3v) is 4.14. The van der Waals surface area contributed by atoms with Crippen LogP contribution < -0.4 is 5.32 Å². The molecule has 0 saturated carbocycles. The lowest BCUT2D eigenvalue weighted by Gasteiger charge is -2.32. The van der Waals surface area contributed by atoms with Crippen LogP contribution in [0.15, 0.2) is 6.33 Å². The molecule has 2 unspecified atom stereocenters. The van der Waals surface area contributed by atoms with Crippen LogP contribution in [0.2, 0.25) is 0 Å². The number of hydrogen-bond donors (Lipinski definition) is 1. The molecule has 0 aliphatic carbocycles. The van der Waals surface area contributed by atoms with E-state index in [-0.39, 0.29) is 5.82 Å². The predicted molar refractivity (Wildman–Crippen MR) is 68.0 cm³/mol. The van der Waals surface area contributed by atoms with Crippen molar-refractivity contribution < 1.29 is 4.39 Å². The number of rotatable bonds is 2. The maximum absolute atomic E-state index is 13.9. The van der Waals surface area contributed by atoms with Crippen molar-refractivity contribution in [1.29, 1.82) is 0 Å². The third kappa shape index (κ3) is 2.07. The first-order chi connectivity index (χ1) is 8.75. The molecule has 1 aromatic rings. The Morgan fingerprint density at radius 3 is 3.06 bits per heavy atom. The number of halogens is 1. The van der Waals surface area contributed by atoms with Crippen molar-refractivity contribution in [2.75, 3.05) is 18.4 Å². The van der Waals surface area contributed by atoms with Gasteiger partial charge in [-0.3, -0.25) is 4.90 Å². The van der Waals surface area contributed by atoms with E-state index in [9.17, 15) is 4.39 Å². The number of piperidine rings is 1. The topological polar surface area (TPSA) is 41.1 Å². The lowest BCUT2D eigenvalue weighted by molar-refractivity contribution is 0.192. The van der Waals surface area contributed by atoms with Gasteiger partial charge in [0, 0.05) is 18.6 Å². The summed E-state index contributed by atoms with van der Waals surface area (Å²) in [7, 11) is 0. The fourth-order valence-electron chi connectivity index (χ4n) is 3.15. The molecule has 2 aliphatic heterocycles. The van der Waals surface area contributed by atoms with Crippen LogP contribution in [0.3, 0.4) is 0 Å². The molecule has 98 valence electrons. The van der Waals surface area contributed by atoms with E-state index in [0.29, 0.717) is 23.6 Å². The summed E-state index contributed by atoms with van der Waals surface area (Å²) in [4.78, 5) is 10.4. The highest BCUT2D eigenvalue weighted by atomic mass is 19.1. The average molecular weight is 250 g/mol. The Kier molecular flexibility index (Phi) is 3.16. The van der Waals surface area contributed by atoms with Gasteiger partial charge in [-0.15, -0.1) is 0 Å². The molecule has 0 aromatic carbocycles.